The van der Waals surface area contributed by atoms with Crippen molar-refractivity contribution in [1.29, 1.82) is 0 Å². The molecule has 0 aromatic heterocycles. The fourth-order valence-electron chi connectivity index (χ4n) is 2.48. The van der Waals surface area contributed by atoms with E-state index in [1.54, 1.807) is 45.4 Å². The molecule has 8 heteroatoms. The monoisotopic (exact) mass is 381 g/mol. The number of methoxy groups -OCH3 is 3. The van der Waals surface area contributed by atoms with Crippen LogP contribution in [0, 0.1) is 0 Å². The third kappa shape index (κ3) is 7.74. The summed E-state index contributed by atoms with van der Waals surface area (Å²) in [6.45, 7) is 6.25. The summed E-state index contributed by atoms with van der Waals surface area (Å²) in [5.74, 6) is 1.37. The van der Waals surface area contributed by atoms with Crippen molar-refractivity contribution in [1.82, 2.24) is 15.5 Å². The SMILES string of the molecule is COc1cc(OC)c(OC)cc1CNC(=O)CN(C)CC(=O)NC(C)(C)C. The van der Waals surface area contributed by atoms with E-state index >= 15 is 0 Å². The van der Waals surface area contributed by atoms with Crippen LogP contribution in [0.4, 0.5) is 0 Å². The van der Waals surface area contributed by atoms with Crippen LogP contribution < -0.4 is 24.8 Å². The molecule has 8 nitrogen and oxygen atoms in total. The van der Waals surface area contributed by atoms with Gasteiger partial charge in [0.2, 0.25) is 11.8 Å². The minimum atomic E-state index is -0.301. The van der Waals surface area contributed by atoms with Crippen molar-refractivity contribution in [2.75, 3.05) is 41.5 Å². The molecule has 0 radical (unpaired) electrons. The lowest BCUT2D eigenvalue weighted by molar-refractivity contribution is -0.125. The van der Waals surface area contributed by atoms with Gasteiger partial charge in [-0.25, -0.2) is 0 Å². The molecule has 0 saturated carbocycles. The van der Waals surface area contributed by atoms with Crippen LogP contribution in [-0.2, 0) is 16.1 Å². The number of nitrogens with one attached hydrogen (secondary N) is 2. The van der Waals surface area contributed by atoms with Gasteiger partial charge in [-0.15, -0.1) is 0 Å². The van der Waals surface area contributed by atoms with Gasteiger partial charge in [0.15, 0.2) is 11.5 Å². The first-order chi connectivity index (χ1) is 12.6. The number of amides is 2. The average Bonchev–Trinajstić information content (AvgIpc) is 2.56. The minimum absolute atomic E-state index is 0.104. The fraction of sp³-hybridized carbons (Fsp3) is 0.579. The van der Waals surface area contributed by atoms with E-state index < -0.39 is 0 Å². The maximum Gasteiger partial charge on any atom is 0.234 e. The highest BCUT2D eigenvalue weighted by atomic mass is 16.5. The zero-order valence-corrected chi connectivity index (χ0v) is 17.3. The third-order valence-corrected chi connectivity index (χ3v) is 3.60. The van der Waals surface area contributed by atoms with E-state index in [1.807, 2.05) is 20.8 Å². The Labute approximate surface area is 161 Å². The van der Waals surface area contributed by atoms with Crippen molar-refractivity contribution in [3.05, 3.63) is 17.7 Å². The van der Waals surface area contributed by atoms with Crippen LogP contribution in [0.25, 0.3) is 0 Å². The highest BCUT2D eigenvalue weighted by molar-refractivity contribution is 5.81. The molecule has 0 aliphatic carbocycles. The molecule has 0 aliphatic heterocycles. The van der Waals surface area contributed by atoms with Crippen molar-refractivity contribution in [3.63, 3.8) is 0 Å². The second-order valence-corrected chi connectivity index (χ2v) is 7.27. The number of hydrogen-bond donors (Lipinski definition) is 2. The molecule has 0 bridgehead atoms. The first-order valence-electron chi connectivity index (χ1n) is 8.64. The molecule has 0 aliphatic rings. The molecule has 0 unspecified atom stereocenters. The molecule has 2 amide bonds. The van der Waals surface area contributed by atoms with Gasteiger partial charge in [0, 0.05) is 23.7 Å². The van der Waals surface area contributed by atoms with Crippen LogP contribution in [0.5, 0.6) is 17.2 Å². The number of carbonyl (C=O) groups excluding carboxylic acids is 2. The van der Waals surface area contributed by atoms with Crippen molar-refractivity contribution in [2.45, 2.75) is 32.9 Å². The average molecular weight is 381 g/mol. The van der Waals surface area contributed by atoms with Gasteiger partial charge in [-0.3, -0.25) is 14.5 Å². The van der Waals surface area contributed by atoms with E-state index in [2.05, 4.69) is 10.6 Å². The van der Waals surface area contributed by atoms with Gasteiger partial charge in [-0.1, -0.05) is 0 Å². The Morgan fingerprint density at radius 2 is 1.44 bits per heavy atom. The Kier molecular flexibility index (Phi) is 8.36. The highest BCUT2D eigenvalue weighted by Gasteiger charge is 2.17. The predicted molar refractivity (Wildman–Crippen MR) is 103 cm³/mol. The van der Waals surface area contributed by atoms with E-state index in [1.165, 1.54) is 0 Å². The molecule has 0 heterocycles. The number of benzene rings is 1. The Balaban J connectivity index is 2.62. The van der Waals surface area contributed by atoms with Crippen LogP contribution in [-0.4, -0.2) is 63.7 Å². The Morgan fingerprint density at radius 1 is 0.926 bits per heavy atom. The molecule has 1 aromatic rings. The van der Waals surface area contributed by atoms with Crippen LogP contribution in [0.2, 0.25) is 0 Å². The smallest absolute Gasteiger partial charge is 0.234 e. The molecule has 27 heavy (non-hydrogen) atoms. The van der Waals surface area contributed by atoms with E-state index in [-0.39, 0.29) is 37.0 Å². The second-order valence-electron chi connectivity index (χ2n) is 7.27. The van der Waals surface area contributed by atoms with Crippen LogP contribution >= 0.6 is 0 Å². The van der Waals surface area contributed by atoms with Gasteiger partial charge in [0.25, 0.3) is 0 Å². The number of nitrogens with zero attached hydrogens (tertiary/aromatic N) is 1. The Bertz CT molecular complexity index is 655. The minimum Gasteiger partial charge on any atom is -0.496 e. The quantitative estimate of drug-likeness (QED) is 0.668. The zero-order valence-electron chi connectivity index (χ0n) is 17.3. The molecular formula is C19H31N3O5. The van der Waals surface area contributed by atoms with Crippen molar-refractivity contribution >= 4 is 11.8 Å². The Hall–Kier alpha value is -2.48. The summed E-state index contributed by atoms with van der Waals surface area (Å²) in [7, 11) is 6.36. The third-order valence-electron chi connectivity index (χ3n) is 3.60. The predicted octanol–water partition coefficient (Wildman–Crippen LogP) is 1.18. The Morgan fingerprint density at radius 3 is 1.96 bits per heavy atom. The van der Waals surface area contributed by atoms with Crippen molar-refractivity contribution in [2.24, 2.45) is 0 Å². The van der Waals surface area contributed by atoms with Crippen LogP contribution in [0.15, 0.2) is 12.1 Å². The molecule has 152 valence electrons. The lowest BCUT2D eigenvalue weighted by Crippen LogP contribution is -2.46. The molecule has 0 spiro atoms. The van der Waals surface area contributed by atoms with Crippen molar-refractivity contribution < 1.29 is 23.8 Å². The zero-order chi connectivity index (χ0) is 20.6. The summed E-state index contributed by atoms with van der Waals surface area (Å²) < 4.78 is 15.9. The van der Waals surface area contributed by atoms with Gasteiger partial charge >= 0.3 is 0 Å². The van der Waals surface area contributed by atoms with E-state index in [4.69, 9.17) is 14.2 Å². The summed E-state index contributed by atoms with van der Waals surface area (Å²) in [5.41, 5.74) is 0.459. The van der Waals surface area contributed by atoms with Crippen LogP contribution in [0.3, 0.4) is 0 Å². The second kappa shape index (κ2) is 10.0. The van der Waals surface area contributed by atoms with Gasteiger partial charge in [0.05, 0.1) is 34.4 Å². The summed E-state index contributed by atoms with van der Waals surface area (Å²) >= 11 is 0. The largest absolute Gasteiger partial charge is 0.496 e. The van der Waals surface area contributed by atoms with Gasteiger partial charge in [-0.05, 0) is 33.9 Å². The maximum atomic E-state index is 12.2. The van der Waals surface area contributed by atoms with Gasteiger partial charge in [0.1, 0.15) is 5.75 Å². The standard InChI is InChI=1S/C19H31N3O5/c1-19(2,3)21-18(24)12-22(4)11-17(23)20-10-13-8-15(26-6)16(27-7)9-14(13)25-5/h8-9H,10-12H2,1-7H3,(H,20,23)(H,21,24). The number of rotatable bonds is 9. The molecule has 0 saturated heterocycles. The lowest BCUT2D eigenvalue weighted by atomic mass is 10.1. The summed E-state index contributed by atoms with van der Waals surface area (Å²) in [6.07, 6.45) is 0. The summed E-state index contributed by atoms with van der Waals surface area (Å²) in [6, 6.07) is 3.47. The summed E-state index contributed by atoms with van der Waals surface area (Å²) in [5, 5.41) is 5.69. The highest BCUT2D eigenvalue weighted by Crippen LogP contribution is 2.34. The number of likely N-dealkylation sites (N-methyl/N-ethyl adjacent to an activating group) is 1. The van der Waals surface area contributed by atoms with E-state index in [0.717, 1.165) is 5.56 Å². The number of hydrogen-bond acceptors (Lipinski definition) is 6. The topological polar surface area (TPSA) is 89.1 Å². The first kappa shape index (κ1) is 22.6. The maximum absolute atomic E-state index is 12.2. The van der Waals surface area contributed by atoms with E-state index in [9.17, 15) is 9.59 Å². The first-order valence-corrected chi connectivity index (χ1v) is 8.64. The van der Waals surface area contributed by atoms with Gasteiger partial charge < -0.3 is 24.8 Å². The molecule has 2 N–H and O–H groups in total. The normalized spacial score (nSPS) is 11.1. The number of ether oxygens (including phenoxy) is 3. The van der Waals surface area contributed by atoms with E-state index in [0.29, 0.717) is 17.2 Å². The molecule has 0 fully saturated rings. The lowest BCUT2D eigenvalue weighted by Gasteiger charge is -2.23. The molecular weight excluding hydrogens is 350 g/mol. The van der Waals surface area contributed by atoms with Crippen molar-refractivity contribution in [3.8, 4) is 17.2 Å². The number of carbonyl (C=O) groups is 2. The molecule has 1 rings (SSSR count). The molecule has 1 aromatic carbocycles. The summed E-state index contributed by atoms with van der Waals surface area (Å²) in [4.78, 5) is 25.8. The molecule has 0 atom stereocenters. The fourth-order valence-corrected chi connectivity index (χ4v) is 2.48. The van der Waals surface area contributed by atoms with Gasteiger partial charge in [-0.2, -0.15) is 0 Å². The van der Waals surface area contributed by atoms with Crippen LogP contribution in [0.1, 0.15) is 26.3 Å².